The Morgan fingerprint density at radius 3 is 2.46 bits per heavy atom. The molecule has 1 atom stereocenters. The lowest BCUT2D eigenvalue weighted by Crippen LogP contribution is -2.32. The molecule has 0 saturated heterocycles. The summed E-state index contributed by atoms with van der Waals surface area (Å²) in [5.74, 6) is 0.783. The van der Waals surface area contributed by atoms with Gasteiger partial charge < -0.3 is 9.88 Å². The van der Waals surface area contributed by atoms with Crippen molar-refractivity contribution in [3.8, 4) is 0 Å². The molecule has 28 heavy (non-hydrogen) atoms. The number of hydrogen-bond acceptors (Lipinski definition) is 2. The number of aromatic nitrogens is 2. The summed E-state index contributed by atoms with van der Waals surface area (Å²) in [7, 11) is 1.86. The molecular formula is C23H26FN3O. The summed E-state index contributed by atoms with van der Waals surface area (Å²) in [4.78, 5) is 17.1. The third-order valence-corrected chi connectivity index (χ3v) is 4.64. The van der Waals surface area contributed by atoms with E-state index >= 15 is 0 Å². The number of rotatable bonds is 7. The molecule has 1 amide bonds. The van der Waals surface area contributed by atoms with Gasteiger partial charge in [0.1, 0.15) is 17.7 Å². The Kier molecular flexibility index (Phi) is 6.24. The van der Waals surface area contributed by atoms with Crippen LogP contribution in [0.4, 0.5) is 4.39 Å². The second-order valence-electron chi connectivity index (χ2n) is 7.54. The molecule has 1 N–H and O–H groups in total. The molecule has 0 bridgehead atoms. The number of nitrogens with one attached hydrogen (secondary N) is 1. The van der Waals surface area contributed by atoms with Gasteiger partial charge >= 0.3 is 0 Å². The van der Waals surface area contributed by atoms with Crippen molar-refractivity contribution in [2.75, 3.05) is 0 Å². The monoisotopic (exact) mass is 379 g/mol. The second-order valence-corrected chi connectivity index (χ2v) is 7.54. The van der Waals surface area contributed by atoms with Crippen molar-refractivity contribution in [3.05, 3.63) is 89.3 Å². The third-order valence-electron chi connectivity index (χ3n) is 4.64. The number of benzene rings is 2. The highest BCUT2D eigenvalue weighted by molar-refractivity contribution is 5.79. The molecule has 0 saturated carbocycles. The van der Waals surface area contributed by atoms with Crippen molar-refractivity contribution in [1.29, 1.82) is 0 Å². The van der Waals surface area contributed by atoms with Crippen molar-refractivity contribution in [2.45, 2.75) is 32.7 Å². The molecule has 3 rings (SSSR count). The quantitative estimate of drug-likeness (QED) is 0.669. The number of imidazole rings is 1. The molecule has 1 aromatic heterocycles. The minimum atomic E-state index is -0.511. The molecule has 0 fully saturated rings. The van der Waals surface area contributed by atoms with Crippen LogP contribution in [-0.2, 0) is 24.7 Å². The summed E-state index contributed by atoms with van der Waals surface area (Å²) >= 11 is 0. The molecular weight excluding hydrogens is 353 g/mol. The van der Waals surface area contributed by atoms with E-state index in [4.69, 9.17) is 0 Å². The molecule has 146 valence electrons. The summed E-state index contributed by atoms with van der Waals surface area (Å²) < 4.78 is 15.6. The van der Waals surface area contributed by atoms with E-state index in [0.29, 0.717) is 17.3 Å². The number of nitrogens with zero attached hydrogens (tertiary/aromatic N) is 2. The Morgan fingerprint density at radius 1 is 1.14 bits per heavy atom. The first-order valence-electron chi connectivity index (χ1n) is 9.52. The molecule has 1 heterocycles. The first-order valence-corrected chi connectivity index (χ1v) is 9.52. The molecule has 3 aromatic rings. The average Bonchev–Trinajstić information content (AvgIpc) is 3.06. The van der Waals surface area contributed by atoms with Crippen LogP contribution < -0.4 is 5.32 Å². The zero-order valence-electron chi connectivity index (χ0n) is 16.5. The number of aryl methyl sites for hydroxylation is 1. The summed E-state index contributed by atoms with van der Waals surface area (Å²) in [6.07, 6.45) is 4.76. The smallest absolute Gasteiger partial charge is 0.225 e. The van der Waals surface area contributed by atoms with Gasteiger partial charge in [-0.05, 0) is 41.2 Å². The van der Waals surface area contributed by atoms with E-state index in [0.717, 1.165) is 12.0 Å². The number of carbonyl (C=O) groups is 1. The molecule has 0 aliphatic heterocycles. The Labute approximate surface area is 165 Å². The van der Waals surface area contributed by atoms with Gasteiger partial charge in [0.25, 0.3) is 0 Å². The minimum Gasteiger partial charge on any atom is -0.342 e. The molecule has 0 spiro atoms. The van der Waals surface area contributed by atoms with Crippen molar-refractivity contribution in [1.82, 2.24) is 14.9 Å². The lowest BCUT2D eigenvalue weighted by atomic mass is 10.0. The van der Waals surface area contributed by atoms with Crippen molar-refractivity contribution in [3.63, 3.8) is 0 Å². The first-order chi connectivity index (χ1) is 13.4. The van der Waals surface area contributed by atoms with Gasteiger partial charge in [0.2, 0.25) is 5.91 Å². The highest BCUT2D eigenvalue weighted by Crippen LogP contribution is 2.21. The van der Waals surface area contributed by atoms with Crippen molar-refractivity contribution >= 4 is 5.91 Å². The van der Waals surface area contributed by atoms with Gasteiger partial charge in [0.15, 0.2) is 0 Å². The van der Waals surface area contributed by atoms with E-state index < -0.39 is 6.04 Å². The van der Waals surface area contributed by atoms with Crippen LogP contribution in [0.2, 0.25) is 0 Å². The maximum Gasteiger partial charge on any atom is 0.225 e. The maximum absolute atomic E-state index is 13.7. The van der Waals surface area contributed by atoms with E-state index in [1.54, 1.807) is 24.5 Å². The summed E-state index contributed by atoms with van der Waals surface area (Å²) in [5, 5.41) is 3.01. The Balaban J connectivity index is 1.75. The molecule has 1 unspecified atom stereocenters. The highest BCUT2D eigenvalue weighted by Gasteiger charge is 2.21. The van der Waals surface area contributed by atoms with Crippen molar-refractivity contribution < 1.29 is 9.18 Å². The first kappa shape index (κ1) is 19.8. The lowest BCUT2D eigenvalue weighted by Gasteiger charge is -2.19. The van der Waals surface area contributed by atoms with Crippen LogP contribution in [0.15, 0.2) is 60.9 Å². The molecule has 0 aliphatic rings. The van der Waals surface area contributed by atoms with Crippen LogP contribution in [0.5, 0.6) is 0 Å². The standard InChI is InChI=1S/C23H26FN3O/c1-16(2)13-17-7-9-18(10-8-17)14-21(28)26-22(23-25-11-12-27(23)3)19-5-4-6-20(24)15-19/h4-12,15-16,22H,13-14H2,1-3H3,(H,26,28). The maximum atomic E-state index is 13.7. The topological polar surface area (TPSA) is 46.9 Å². The van der Waals surface area contributed by atoms with Gasteiger partial charge in [-0.15, -0.1) is 0 Å². The van der Waals surface area contributed by atoms with E-state index in [9.17, 15) is 9.18 Å². The fourth-order valence-corrected chi connectivity index (χ4v) is 3.30. The van der Waals surface area contributed by atoms with E-state index in [1.807, 2.05) is 23.7 Å². The number of amides is 1. The Hall–Kier alpha value is -2.95. The number of halogens is 1. The van der Waals surface area contributed by atoms with Gasteiger partial charge in [-0.3, -0.25) is 4.79 Å². The van der Waals surface area contributed by atoms with Gasteiger partial charge in [0, 0.05) is 19.4 Å². The minimum absolute atomic E-state index is 0.131. The van der Waals surface area contributed by atoms with Gasteiger partial charge in [-0.1, -0.05) is 50.2 Å². The summed E-state index contributed by atoms with van der Waals surface area (Å²) in [6.45, 7) is 4.37. The van der Waals surface area contributed by atoms with Crippen LogP contribution >= 0.6 is 0 Å². The average molecular weight is 379 g/mol. The molecule has 5 heteroatoms. The van der Waals surface area contributed by atoms with E-state index in [2.05, 4.69) is 36.3 Å². The predicted molar refractivity (Wildman–Crippen MR) is 108 cm³/mol. The second kappa shape index (κ2) is 8.83. The summed E-state index contributed by atoms with van der Waals surface area (Å²) in [5.41, 5.74) is 2.88. The molecule has 0 radical (unpaired) electrons. The largest absolute Gasteiger partial charge is 0.342 e. The van der Waals surface area contributed by atoms with Crippen LogP contribution in [0.25, 0.3) is 0 Å². The third kappa shape index (κ3) is 5.06. The Bertz CT molecular complexity index is 931. The van der Waals surface area contributed by atoms with E-state index in [1.165, 1.54) is 17.7 Å². The van der Waals surface area contributed by atoms with Crippen LogP contribution in [0.1, 0.15) is 42.4 Å². The van der Waals surface area contributed by atoms with Crippen LogP contribution in [0.3, 0.4) is 0 Å². The normalized spacial score (nSPS) is 12.2. The van der Waals surface area contributed by atoms with E-state index in [-0.39, 0.29) is 18.1 Å². The van der Waals surface area contributed by atoms with Gasteiger partial charge in [0.05, 0.1) is 6.42 Å². The fourth-order valence-electron chi connectivity index (χ4n) is 3.30. The SMILES string of the molecule is CC(C)Cc1ccc(CC(=O)NC(c2cccc(F)c2)c2nccn2C)cc1. The Morgan fingerprint density at radius 2 is 1.86 bits per heavy atom. The zero-order chi connectivity index (χ0) is 20.1. The molecule has 2 aromatic carbocycles. The zero-order valence-corrected chi connectivity index (χ0v) is 16.5. The van der Waals surface area contributed by atoms with Gasteiger partial charge in [-0.2, -0.15) is 0 Å². The van der Waals surface area contributed by atoms with Gasteiger partial charge in [-0.25, -0.2) is 9.37 Å². The lowest BCUT2D eigenvalue weighted by molar-refractivity contribution is -0.121. The van der Waals surface area contributed by atoms with Crippen molar-refractivity contribution in [2.24, 2.45) is 13.0 Å². The van der Waals surface area contributed by atoms with Crippen LogP contribution in [0, 0.1) is 11.7 Å². The van der Waals surface area contributed by atoms with Crippen LogP contribution in [-0.4, -0.2) is 15.5 Å². The fraction of sp³-hybridized carbons (Fsp3) is 0.304. The summed E-state index contributed by atoms with van der Waals surface area (Å²) in [6, 6.07) is 13.9. The number of hydrogen-bond donors (Lipinski definition) is 1. The predicted octanol–water partition coefficient (Wildman–Crippen LogP) is 4.21. The number of carbonyl (C=O) groups excluding carboxylic acids is 1. The highest BCUT2D eigenvalue weighted by atomic mass is 19.1. The molecule has 0 aliphatic carbocycles. The molecule has 4 nitrogen and oxygen atoms in total.